The number of piperazine rings is 1. The van der Waals surface area contributed by atoms with Crippen molar-refractivity contribution in [3.8, 4) is 35.5 Å². The molecule has 5 aromatic rings. The number of halogens is 4. The summed E-state index contributed by atoms with van der Waals surface area (Å²) in [5.41, 5.74) is 0.428. The monoisotopic (exact) mass is 752 g/mol. The van der Waals surface area contributed by atoms with Crippen molar-refractivity contribution in [2.75, 3.05) is 37.7 Å². The predicted molar refractivity (Wildman–Crippen MR) is 199 cm³/mol. The standard InChI is InChI=1S/C41H40F4N8O2/c1-3-26-28(42)12-11-24-7-4-8-27(31(24)26)34-33(43)35-32-29(49-34)9-5-10-30-23(2)46-18-20-52(30)38(32)51-40(50-35)55-22-41-14-6-19-53(41)25(13-15-41)21-54-39-36(37(44)45)47-16-17-48-39/h1,4,7-8,11-12,16-17,23,25,30,37,46H,5-6,9-10,13-15,18-22H2,2H3/t23-,25-,30+,41-/m0/s1. The van der Waals surface area contributed by atoms with Crippen LogP contribution in [0.1, 0.15) is 68.8 Å². The first-order valence-corrected chi connectivity index (χ1v) is 19.0. The lowest BCUT2D eigenvalue weighted by Crippen LogP contribution is -2.57. The Bertz CT molecular complexity index is 2340. The van der Waals surface area contributed by atoms with E-state index in [0.717, 1.165) is 51.6 Å². The van der Waals surface area contributed by atoms with Gasteiger partial charge in [-0.05, 0) is 69.9 Å². The van der Waals surface area contributed by atoms with Crippen LogP contribution in [-0.2, 0) is 6.42 Å². The Morgan fingerprint density at radius 1 is 1.00 bits per heavy atom. The summed E-state index contributed by atoms with van der Waals surface area (Å²) in [5.74, 6) is 1.69. The first-order valence-electron chi connectivity index (χ1n) is 19.0. The molecule has 1 N–H and O–H groups in total. The molecule has 0 unspecified atom stereocenters. The van der Waals surface area contributed by atoms with E-state index in [1.165, 1.54) is 18.5 Å². The maximum Gasteiger partial charge on any atom is 0.319 e. The van der Waals surface area contributed by atoms with Crippen molar-refractivity contribution in [1.82, 2.24) is 35.1 Å². The molecule has 7 heterocycles. The fraction of sp³-hybridized carbons (Fsp3) is 0.439. The second-order valence-electron chi connectivity index (χ2n) is 15.0. The van der Waals surface area contributed by atoms with E-state index in [9.17, 15) is 8.78 Å². The van der Waals surface area contributed by atoms with Gasteiger partial charge in [0.25, 0.3) is 6.43 Å². The van der Waals surface area contributed by atoms with Gasteiger partial charge in [-0.2, -0.15) is 9.97 Å². The van der Waals surface area contributed by atoms with Gasteiger partial charge in [0.1, 0.15) is 36.1 Å². The SMILES string of the molecule is C#Cc1c(F)ccc2cccc(-c3nc4c5c(nc(OC[C@@]67CCCN6[C@H](COc6nccnc6C(F)F)CC7)nc5c3F)N3CCN[C@@H](C)[C@H]3CCC4)c12. The van der Waals surface area contributed by atoms with E-state index in [4.69, 9.17) is 30.8 Å². The summed E-state index contributed by atoms with van der Waals surface area (Å²) in [7, 11) is 0. The minimum Gasteiger partial charge on any atom is -0.475 e. The number of ether oxygens (including phenoxy) is 2. The Labute approximate surface area is 315 Å². The quantitative estimate of drug-likeness (QED) is 0.135. The number of alkyl halides is 2. The number of benzene rings is 2. The normalized spacial score (nSPS) is 23.7. The minimum absolute atomic E-state index is 0.0419. The second-order valence-corrected chi connectivity index (χ2v) is 15.0. The van der Waals surface area contributed by atoms with Crippen LogP contribution in [0.4, 0.5) is 23.4 Å². The van der Waals surface area contributed by atoms with Crippen LogP contribution in [0.5, 0.6) is 11.9 Å². The van der Waals surface area contributed by atoms with Crippen molar-refractivity contribution in [3.63, 3.8) is 0 Å². The number of hydrogen-bond donors (Lipinski definition) is 1. The van der Waals surface area contributed by atoms with Crippen LogP contribution in [-0.4, -0.2) is 86.3 Å². The smallest absolute Gasteiger partial charge is 0.319 e. The largest absolute Gasteiger partial charge is 0.475 e. The molecule has 3 fully saturated rings. The molecule has 0 aliphatic carbocycles. The maximum atomic E-state index is 17.3. The average Bonchev–Trinajstić information content (AvgIpc) is 3.76. The lowest BCUT2D eigenvalue weighted by Gasteiger charge is -2.43. The number of nitrogens with one attached hydrogen (secondary N) is 1. The molecule has 10 nitrogen and oxygen atoms in total. The summed E-state index contributed by atoms with van der Waals surface area (Å²) in [4.78, 5) is 27.1. The van der Waals surface area contributed by atoms with E-state index in [1.54, 1.807) is 18.2 Å². The van der Waals surface area contributed by atoms with E-state index in [2.05, 4.69) is 37.9 Å². The molecule has 0 amide bonds. The van der Waals surface area contributed by atoms with Crippen LogP contribution >= 0.6 is 0 Å². The molecule has 4 atom stereocenters. The Balaban J connectivity index is 1.10. The summed E-state index contributed by atoms with van der Waals surface area (Å²) in [6.07, 6.45) is 11.2. The second kappa shape index (κ2) is 14.2. The number of nitrogens with zero attached hydrogens (tertiary/aromatic N) is 7. The summed E-state index contributed by atoms with van der Waals surface area (Å²) in [5, 5.41) is 5.23. The minimum atomic E-state index is -2.80. The van der Waals surface area contributed by atoms with Gasteiger partial charge in [-0.15, -0.1) is 6.42 Å². The van der Waals surface area contributed by atoms with E-state index < -0.39 is 23.8 Å². The molecule has 9 rings (SSSR count). The molecule has 4 aliphatic heterocycles. The first kappa shape index (κ1) is 35.6. The molecule has 0 saturated carbocycles. The van der Waals surface area contributed by atoms with E-state index in [-0.39, 0.29) is 65.5 Å². The molecule has 55 heavy (non-hydrogen) atoms. The molecule has 3 aromatic heterocycles. The van der Waals surface area contributed by atoms with E-state index >= 15 is 8.78 Å². The van der Waals surface area contributed by atoms with Gasteiger partial charge in [-0.25, -0.2) is 32.5 Å². The zero-order valence-electron chi connectivity index (χ0n) is 30.4. The van der Waals surface area contributed by atoms with Gasteiger partial charge >= 0.3 is 6.01 Å². The fourth-order valence-electron chi connectivity index (χ4n) is 9.42. The number of pyridine rings is 1. The highest BCUT2D eigenvalue weighted by Crippen LogP contribution is 2.44. The lowest BCUT2D eigenvalue weighted by atomic mass is 9.93. The van der Waals surface area contributed by atoms with E-state index in [1.807, 2.05) is 6.07 Å². The lowest BCUT2D eigenvalue weighted by molar-refractivity contribution is 0.0661. The number of aromatic nitrogens is 5. The summed E-state index contributed by atoms with van der Waals surface area (Å²) >= 11 is 0. The van der Waals surface area contributed by atoms with Gasteiger partial charge in [0, 0.05) is 54.6 Å². The first-order chi connectivity index (χ1) is 26.8. The fourth-order valence-corrected chi connectivity index (χ4v) is 9.42. The van der Waals surface area contributed by atoms with Gasteiger partial charge in [-0.1, -0.05) is 30.2 Å². The molecule has 0 spiro atoms. The van der Waals surface area contributed by atoms with Gasteiger partial charge in [0.15, 0.2) is 11.5 Å². The third kappa shape index (κ3) is 6.08. The molecule has 3 saturated heterocycles. The average molecular weight is 753 g/mol. The molecule has 0 radical (unpaired) electrons. The van der Waals surface area contributed by atoms with E-state index in [0.29, 0.717) is 46.2 Å². The number of hydrogen-bond acceptors (Lipinski definition) is 10. The van der Waals surface area contributed by atoms with Crippen LogP contribution < -0.4 is 19.7 Å². The Morgan fingerprint density at radius 2 is 1.87 bits per heavy atom. The van der Waals surface area contributed by atoms with Crippen molar-refractivity contribution in [3.05, 3.63) is 71.3 Å². The Morgan fingerprint density at radius 3 is 2.73 bits per heavy atom. The predicted octanol–water partition coefficient (Wildman–Crippen LogP) is 6.79. The highest BCUT2D eigenvalue weighted by atomic mass is 19.3. The number of aryl methyl sites for hydroxylation is 1. The molecule has 2 aromatic carbocycles. The van der Waals surface area contributed by atoms with Crippen LogP contribution in [0.3, 0.4) is 0 Å². The molecule has 4 aliphatic rings. The Hall–Kier alpha value is -5.13. The third-order valence-electron chi connectivity index (χ3n) is 12.0. The van der Waals surface area contributed by atoms with Crippen molar-refractivity contribution in [2.45, 2.75) is 82.0 Å². The van der Waals surface area contributed by atoms with Gasteiger partial charge < -0.3 is 19.7 Å². The molecule has 0 bridgehead atoms. The third-order valence-corrected chi connectivity index (χ3v) is 12.0. The van der Waals surface area contributed by atoms with Gasteiger partial charge in [-0.3, -0.25) is 4.90 Å². The van der Waals surface area contributed by atoms with Crippen LogP contribution in [0.2, 0.25) is 0 Å². The number of fused-ring (bicyclic) bond motifs is 4. The summed E-state index contributed by atoms with van der Waals surface area (Å²) < 4.78 is 71.9. The van der Waals surface area contributed by atoms with Crippen molar-refractivity contribution < 1.29 is 27.0 Å². The number of terminal acetylenes is 1. The van der Waals surface area contributed by atoms with Crippen molar-refractivity contribution >= 4 is 27.5 Å². The number of rotatable bonds is 8. The highest BCUT2D eigenvalue weighted by molar-refractivity contribution is 6.02. The van der Waals surface area contributed by atoms with Crippen LogP contribution in [0.25, 0.3) is 32.9 Å². The van der Waals surface area contributed by atoms with Crippen LogP contribution in [0.15, 0.2) is 42.7 Å². The van der Waals surface area contributed by atoms with Crippen molar-refractivity contribution in [1.29, 1.82) is 0 Å². The van der Waals surface area contributed by atoms with Gasteiger partial charge in [0.2, 0.25) is 5.88 Å². The number of anilines is 1. The summed E-state index contributed by atoms with van der Waals surface area (Å²) in [6, 6.07) is 8.59. The van der Waals surface area contributed by atoms with Gasteiger partial charge in [0.05, 0.1) is 22.2 Å². The Kier molecular flexibility index (Phi) is 9.17. The van der Waals surface area contributed by atoms with Crippen molar-refractivity contribution in [2.24, 2.45) is 0 Å². The zero-order valence-corrected chi connectivity index (χ0v) is 30.4. The topological polar surface area (TPSA) is 101 Å². The molecule has 14 heteroatoms. The maximum absolute atomic E-state index is 17.3. The zero-order chi connectivity index (χ0) is 37.8. The molecular weight excluding hydrogens is 712 g/mol. The highest BCUT2D eigenvalue weighted by Gasteiger charge is 2.50. The van der Waals surface area contributed by atoms with Crippen LogP contribution in [0, 0.1) is 24.0 Å². The summed E-state index contributed by atoms with van der Waals surface area (Å²) in [6.45, 7) is 4.78. The molecule has 284 valence electrons. The molecular formula is C41H40F4N8O2.